The van der Waals surface area contributed by atoms with Gasteiger partial charge in [0.2, 0.25) is 0 Å². The standard InChI is InChI=1S/C13H13FOS/c1-2-3-4-5-12(15)10-16-13-8-6-11(14)7-9-13/h6-9H,4-5,10H2,1H3. The first kappa shape index (κ1) is 12.8. The number of Topliss-reactive ketones (excluding diaryl/α,β-unsaturated/α-hetero) is 1. The minimum Gasteiger partial charge on any atom is -0.299 e. The predicted octanol–water partition coefficient (Wildman–Crippen LogP) is 3.29. The number of rotatable bonds is 5. The highest BCUT2D eigenvalue weighted by molar-refractivity contribution is 8.00. The monoisotopic (exact) mass is 236 g/mol. The van der Waals surface area contributed by atoms with Gasteiger partial charge in [0.15, 0.2) is 0 Å². The summed E-state index contributed by atoms with van der Waals surface area (Å²) in [6.45, 7) is 1.76. The highest BCUT2D eigenvalue weighted by Gasteiger charge is 2.02. The van der Waals surface area contributed by atoms with Crippen molar-refractivity contribution in [3.05, 3.63) is 30.1 Å². The molecule has 1 aromatic rings. The van der Waals surface area contributed by atoms with Crippen molar-refractivity contribution in [1.82, 2.24) is 0 Å². The highest BCUT2D eigenvalue weighted by atomic mass is 32.2. The van der Waals surface area contributed by atoms with Gasteiger partial charge in [0, 0.05) is 17.7 Å². The summed E-state index contributed by atoms with van der Waals surface area (Å²) < 4.78 is 12.6. The lowest BCUT2D eigenvalue weighted by atomic mass is 10.2. The second kappa shape index (κ2) is 7.08. The van der Waals surface area contributed by atoms with Crippen molar-refractivity contribution in [2.45, 2.75) is 24.7 Å². The highest BCUT2D eigenvalue weighted by Crippen LogP contribution is 2.18. The molecule has 0 atom stereocenters. The molecule has 0 spiro atoms. The normalized spacial score (nSPS) is 9.38. The van der Waals surface area contributed by atoms with Gasteiger partial charge in [-0.2, -0.15) is 0 Å². The van der Waals surface area contributed by atoms with Gasteiger partial charge in [0.25, 0.3) is 0 Å². The summed E-state index contributed by atoms with van der Waals surface area (Å²) in [6.07, 6.45) is 1.12. The average molecular weight is 236 g/mol. The Morgan fingerprint density at radius 3 is 2.69 bits per heavy atom. The van der Waals surface area contributed by atoms with Crippen molar-refractivity contribution in [2.24, 2.45) is 0 Å². The van der Waals surface area contributed by atoms with Crippen LogP contribution in [0.3, 0.4) is 0 Å². The van der Waals surface area contributed by atoms with E-state index >= 15 is 0 Å². The van der Waals surface area contributed by atoms with Gasteiger partial charge in [-0.1, -0.05) is 0 Å². The number of carbonyl (C=O) groups excluding carboxylic acids is 1. The molecule has 0 saturated carbocycles. The van der Waals surface area contributed by atoms with E-state index in [0.717, 1.165) is 4.90 Å². The maximum Gasteiger partial charge on any atom is 0.144 e. The van der Waals surface area contributed by atoms with Crippen LogP contribution in [-0.2, 0) is 4.79 Å². The summed E-state index contributed by atoms with van der Waals surface area (Å²) in [7, 11) is 0. The first-order chi connectivity index (χ1) is 7.72. The van der Waals surface area contributed by atoms with E-state index < -0.39 is 0 Å². The Labute approximate surface area is 99.4 Å². The molecule has 1 aromatic carbocycles. The van der Waals surface area contributed by atoms with Crippen LogP contribution in [0.2, 0.25) is 0 Å². The zero-order valence-electron chi connectivity index (χ0n) is 9.13. The quantitative estimate of drug-likeness (QED) is 0.576. The molecule has 0 amide bonds. The van der Waals surface area contributed by atoms with Crippen LogP contribution in [0.25, 0.3) is 0 Å². The van der Waals surface area contributed by atoms with Gasteiger partial charge < -0.3 is 0 Å². The molecule has 0 unspecified atom stereocenters. The van der Waals surface area contributed by atoms with Crippen LogP contribution in [0.4, 0.5) is 4.39 Å². The molecule has 0 N–H and O–H groups in total. The smallest absolute Gasteiger partial charge is 0.144 e. The van der Waals surface area contributed by atoms with Crippen LogP contribution in [0.15, 0.2) is 29.2 Å². The summed E-state index contributed by atoms with van der Waals surface area (Å²) in [4.78, 5) is 12.3. The zero-order valence-corrected chi connectivity index (χ0v) is 9.94. The molecule has 1 nitrogen and oxygen atoms in total. The molecule has 0 heterocycles. The van der Waals surface area contributed by atoms with Crippen molar-refractivity contribution < 1.29 is 9.18 Å². The van der Waals surface area contributed by atoms with Gasteiger partial charge in [-0.15, -0.1) is 23.6 Å². The molecule has 3 heteroatoms. The number of ketones is 1. The average Bonchev–Trinajstić information content (AvgIpc) is 2.29. The summed E-state index contributed by atoms with van der Waals surface area (Å²) in [6, 6.07) is 6.16. The fourth-order valence-corrected chi connectivity index (χ4v) is 1.89. The summed E-state index contributed by atoms with van der Waals surface area (Å²) in [5.41, 5.74) is 0. The van der Waals surface area contributed by atoms with E-state index in [1.807, 2.05) is 0 Å². The number of hydrogen-bond donors (Lipinski definition) is 0. The topological polar surface area (TPSA) is 17.1 Å². The van der Waals surface area contributed by atoms with Crippen molar-refractivity contribution in [3.63, 3.8) is 0 Å². The van der Waals surface area contributed by atoms with Gasteiger partial charge in [0.1, 0.15) is 11.6 Å². The third kappa shape index (κ3) is 4.99. The lowest BCUT2D eigenvalue weighted by Gasteiger charge is -1.99. The molecule has 0 aliphatic rings. The number of hydrogen-bond acceptors (Lipinski definition) is 2. The summed E-state index contributed by atoms with van der Waals surface area (Å²) in [5, 5.41) is 0. The van der Waals surface area contributed by atoms with Gasteiger partial charge in [0.05, 0.1) is 5.75 Å². The maximum absolute atomic E-state index is 12.6. The molecule has 0 fully saturated rings. The molecule has 0 saturated heterocycles. The maximum atomic E-state index is 12.6. The Morgan fingerprint density at radius 1 is 1.38 bits per heavy atom. The van der Waals surface area contributed by atoms with E-state index in [-0.39, 0.29) is 11.6 Å². The second-order valence-corrected chi connectivity index (χ2v) is 4.26. The minimum atomic E-state index is -0.256. The number of carbonyl (C=O) groups is 1. The molecular formula is C13H13FOS. The van der Waals surface area contributed by atoms with Crippen molar-refractivity contribution in [1.29, 1.82) is 0 Å². The van der Waals surface area contributed by atoms with E-state index in [1.54, 1.807) is 19.1 Å². The molecule has 84 valence electrons. The number of halogens is 1. The Kier molecular flexibility index (Phi) is 5.66. The van der Waals surface area contributed by atoms with Crippen LogP contribution in [0, 0.1) is 17.7 Å². The largest absolute Gasteiger partial charge is 0.299 e. The van der Waals surface area contributed by atoms with Gasteiger partial charge >= 0.3 is 0 Å². The predicted molar refractivity (Wildman–Crippen MR) is 64.8 cm³/mol. The van der Waals surface area contributed by atoms with Crippen LogP contribution < -0.4 is 0 Å². The number of thioether (sulfide) groups is 1. The minimum absolute atomic E-state index is 0.178. The Balaban J connectivity index is 2.30. The Morgan fingerprint density at radius 2 is 2.06 bits per heavy atom. The molecule has 0 bridgehead atoms. The van der Waals surface area contributed by atoms with Crippen molar-refractivity contribution >= 4 is 17.5 Å². The summed E-state index contributed by atoms with van der Waals surface area (Å²) >= 11 is 1.43. The lowest BCUT2D eigenvalue weighted by Crippen LogP contribution is -2.00. The van der Waals surface area contributed by atoms with Crippen LogP contribution in [0.1, 0.15) is 19.8 Å². The van der Waals surface area contributed by atoms with E-state index in [0.29, 0.717) is 18.6 Å². The molecule has 0 aliphatic carbocycles. The van der Waals surface area contributed by atoms with E-state index in [9.17, 15) is 9.18 Å². The molecular weight excluding hydrogens is 223 g/mol. The SMILES string of the molecule is CC#CCCC(=O)CSc1ccc(F)cc1. The van der Waals surface area contributed by atoms with Crippen molar-refractivity contribution in [2.75, 3.05) is 5.75 Å². The first-order valence-corrected chi connectivity index (χ1v) is 6.00. The van der Waals surface area contributed by atoms with Crippen LogP contribution in [-0.4, -0.2) is 11.5 Å². The lowest BCUT2D eigenvalue weighted by molar-refractivity contribution is -0.116. The zero-order chi connectivity index (χ0) is 11.8. The van der Waals surface area contributed by atoms with E-state index in [2.05, 4.69) is 11.8 Å². The van der Waals surface area contributed by atoms with Crippen molar-refractivity contribution in [3.8, 4) is 11.8 Å². The third-order valence-corrected chi connectivity index (χ3v) is 2.99. The van der Waals surface area contributed by atoms with Gasteiger partial charge in [-0.05, 0) is 31.2 Å². The Hall–Kier alpha value is -1.27. The molecule has 0 radical (unpaired) electrons. The van der Waals surface area contributed by atoms with E-state index in [1.165, 1.54) is 23.9 Å². The molecule has 1 rings (SSSR count). The molecule has 16 heavy (non-hydrogen) atoms. The second-order valence-electron chi connectivity index (χ2n) is 3.21. The van der Waals surface area contributed by atoms with Gasteiger partial charge in [-0.3, -0.25) is 4.79 Å². The van der Waals surface area contributed by atoms with Crippen LogP contribution >= 0.6 is 11.8 Å². The van der Waals surface area contributed by atoms with E-state index in [4.69, 9.17) is 0 Å². The third-order valence-electron chi connectivity index (χ3n) is 1.92. The van der Waals surface area contributed by atoms with Gasteiger partial charge in [-0.25, -0.2) is 4.39 Å². The molecule has 0 aromatic heterocycles. The summed E-state index contributed by atoms with van der Waals surface area (Å²) in [5.74, 6) is 5.96. The number of benzene rings is 1. The Bertz CT molecular complexity index is 400. The molecule has 0 aliphatic heterocycles. The fraction of sp³-hybridized carbons (Fsp3) is 0.308. The van der Waals surface area contributed by atoms with Crippen LogP contribution in [0.5, 0.6) is 0 Å². The first-order valence-electron chi connectivity index (χ1n) is 5.02. The fourth-order valence-electron chi connectivity index (χ4n) is 1.09.